The molecule has 4 aliphatic rings. The van der Waals surface area contributed by atoms with Gasteiger partial charge in [0.05, 0.1) is 6.42 Å². The van der Waals surface area contributed by atoms with E-state index in [2.05, 4.69) is 25.5 Å². The molecule has 0 unspecified atom stereocenters. The van der Waals surface area contributed by atoms with Gasteiger partial charge in [-0.3, -0.25) is 19.2 Å². The minimum atomic E-state index is -4.17. The highest BCUT2D eigenvalue weighted by Crippen LogP contribution is 2.82. The van der Waals surface area contributed by atoms with Gasteiger partial charge in [-0.1, -0.05) is 53.2 Å². The van der Waals surface area contributed by atoms with Crippen LogP contribution in [0.3, 0.4) is 0 Å². The van der Waals surface area contributed by atoms with Gasteiger partial charge in [0, 0.05) is 36.5 Å². The summed E-state index contributed by atoms with van der Waals surface area (Å²) in [5.74, 6) is -7.43. The smallest absolute Gasteiger partial charge is 0.378 e. The molecule has 9 heteroatoms. The Balaban J connectivity index is 1.67. The first kappa shape index (κ1) is 30.5. The van der Waals surface area contributed by atoms with Crippen molar-refractivity contribution in [3.8, 4) is 0 Å². The number of fused-ring (bicyclic) bond motifs is 5. The minimum Gasteiger partial charge on any atom is -0.477 e. The molecule has 4 fully saturated rings. The average Bonchev–Trinajstić information content (AvgIpc) is 3.14. The summed E-state index contributed by atoms with van der Waals surface area (Å²) in [6, 6.07) is 0. The van der Waals surface area contributed by atoms with Crippen molar-refractivity contribution >= 4 is 29.3 Å². The molecular formula is C31H42F2O7. The van der Waals surface area contributed by atoms with Crippen molar-refractivity contribution in [2.45, 2.75) is 106 Å². The number of allylic oxidation sites excluding steroid dienone is 1. The largest absolute Gasteiger partial charge is 0.477 e. The molecule has 0 aliphatic heterocycles. The van der Waals surface area contributed by atoms with Gasteiger partial charge >= 0.3 is 17.9 Å². The highest BCUT2D eigenvalue weighted by molar-refractivity contribution is 5.97. The third-order valence-electron chi connectivity index (χ3n) is 13.1. The molecule has 0 aromatic rings. The summed E-state index contributed by atoms with van der Waals surface area (Å²) < 4.78 is 31.1. The molecule has 1 N–H and O–H groups in total. The first-order valence-electron chi connectivity index (χ1n) is 14.2. The highest BCUT2D eigenvalue weighted by Gasteiger charge is 2.81. The van der Waals surface area contributed by atoms with E-state index in [4.69, 9.17) is 5.11 Å². The van der Waals surface area contributed by atoms with Crippen molar-refractivity contribution in [1.82, 2.24) is 0 Å². The standard InChI is InChI=1S/C31H42F2O7/c1-18(8-9-23(37)40-17-31(32,33)24(38)39)20-11-13-27(4)29(20,6)21(35)16-28(5)26(3)12-10-19(34)14-25(26,2)15-22(36)30(27,28)7/h8,20H,9-17H2,1-7H3,(H,38,39)/b18-8-/t20-,25+,26+,27-,28-,29+,30+/m1/s1. The highest BCUT2D eigenvalue weighted by atomic mass is 19.3. The Morgan fingerprint density at radius 2 is 1.57 bits per heavy atom. The number of carboxylic acids is 1. The number of aliphatic carboxylic acids is 1. The number of ketones is 3. The summed E-state index contributed by atoms with van der Waals surface area (Å²) in [6.07, 6.45) is 4.45. The van der Waals surface area contributed by atoms with E-state index in [9.17, 15) is 32.8 Å². The second-order valence-corrected chi connectivity index (χ2v) is 14.2. The molecule has 4 saturated carbocycles. The molecule has 7 atom stereocenters. The number of ether oxygens (including phenoxy) is 1. The Hall–Kier alpha value is -2.45. The van der Waals surface area contributed by atoms with Crippen molar-refractivity contribution in [2.24, 2.45) is 38.4 Å². The molecule has 4 aliphatic carbocycles. The van der Waals surface area contributed by atoms with E-state index >= 15 is 0 Å². The van der Waals surface area contributed by atoms with Gasteiger partial charge in [0.1, 0.15) is 17.3 Å². The molecule has 0 heterocycles. The first-order valence-corrected chi connectivity index (χ1v) is 14.2. The third-order valence-corrected chi connectivity index (χ3v) is 13.1. The molecular weight excluding hydrogens is 522 g/mol. The van der Waals surface area contributed by atoms with E-state index in [-0.39, 0.29) is 41.5 Å². The summed E-state index contributed by atoms with van der Waals surface area (Å²) in [7, 11) is 0. The number of hydrogen-bond acceptors (Lipinski definition) is 6. The van der Waals surface area contributed by atoms with Gasteiger partial charge in [0.25, 0.3) is 0 Å². The number of rotatable bonds is 6. The van der Waals surface area contributed by atoms with Crippen molar-refractivity contribution in [3.63, 3.8) is 0 Å². The monoisotopic (exact) mass is 564 g/mol. The Kier molecular flexibility index (Phi) is 6.88. The van der Waals surface area contributed by atoms with Crippen molar-refractivity contribution in [1.29, 1.82) is 0 Å². The molecule has 222 valence electrons. The van der Waals surface area contributed by atoms with Crippen LogP contribution < -0.4 is 0 Å². The number of alkyl halides is 2. The van der Waals surface area contributed by atoms with Crippen molar-refractivity contribution in [2.75, 3.05) is 6.61 Å². The third kappa shape index (κ3) is 3.60. The van der Waals surface area contributed by atoms with Crippen LogP contribution in [0.5, 0.6) is 0 Å². The van der Waals surface area contributed by atoms with Crippen LogP contribution in [0.15, 0.2) is 11.6 Å². The van der Waals surface area contributed by atoms with Gasteiger partial charge in [-0.15, -0.1) is 0 Å². The Bertz CT molecular complexity index is 1220. The first-order chi connectivity index (χ1) is 18.2. The quantitative estimate of drug-likeness (QED) is 0.324. The maximum absolute atomic E-state index is 14.4. The van der Waals surface area contributed by atoms with Gasteiger partial charge in [-0.2, -0.15) is 8.78 Å². The maximum Gasteiger partial charge on any atom is 0.378 e. The number of carboxylic acid groups (broad SMARTS) is 1. The van der Waals surface area contributed by atoms with E-state index in [1.807, 2.05) is 20.8 Å². The van der Waals surface area contributed by atoms with Crippen molar-refractivity contribution < 1.29 is 42.6 Å². The molecule has 0 aromatic carbocycles. The van der Waals surface area contributed by atoms with Gasteiger partial charge in [0.15, 0.2) is 6.61 Å². The number of hydrogen-bond donors (Lipinski definition) is 1. The lowest BCUT2D eigenvalue weighted by atomic mass is 9.27. The summed E-state index contributed by atoms with van der Waals surface area (Å²) >= 11 is 0. The van der Waals surface area contributed by atoms with Crippen LogP contribution in [0.4, 0.5) is 8.78 Å². The Morgan fingerprint density at radius 3 is 2.17 bits per heavy atom. The summed E-state index contributed by atoms with van der Waals surface area (Å²) in [5, 5.41) is 8.53. The molecule has 0 bridgehead atoms. The Morgan fingerprint density at radius 1 is 0.950 bits per heavy atom. The van der Waals surface area contributed by atoms with Crippen LogP contribution in [0.2, 0.25) is 0 Å². The van der Waals surface area contributed by atoms with Crippen LogP contribution >= 0.6 is 0 Å². The molecule has 0 spiro atoms. The number of carbonyl (C=O) groups is 5. The van der Waals surface area contributed by atoms with Gasteiger partial charge in [-0.05, 0) is 53.8 Å². The molecule has 4 rings (SSSR count). The fourth-order valence-electron chi connectivity index (χ4n) is 9.79. The minimum absolute atomic E-state index is 0.0732. The second-order valence-electron chi connectivity index (χ2n) is 14.2. The molecule has 0 radical (unpaired) electrons. The Labute approximate surface area is 234 Å². The van der Waals surface area contributed by atoms with Gasteiger partial charge < -0.3 is 9.84 Å². The second kappa shape index (κ2) is 9.02. The predicted molar refractivity (Wildman–Crippen MR) is 141 cm³/mol. The summed E-state index contributed by atoms with van der Waals surface area (Å²) in [4.78, 5) is 64.0. The zero-order valence-corrected chi connectivity index (χ0v) is 24.7. The molecule has 0 amide bonds. The molecule has 40 heavy (non-hydrogen) atoms. The lowest BCUT2D eigenvalue weighted by Crippen LogP contribution is -2.75. The van der Waals surface area contributed by atoms with E-state index in [0.717, 1.165) is 5.57 Å². The van der Waals surface area contributed by atoms with E-state index in [1.54, 1.807) is 13.0 Å². The topological polar surface area (TPSA) is 115 Å². The fraction of sp³-hybridized carbons (Fsp3) is 0.774. The number of carbonyl (C=O) groups excluding carboxylic acids is 4. The number of esters is 1. The molecule has 7 nitrogen and oxygen atoms in total. The van der Waals surface area contributed by atoms with Crippen LogP contribution in [0, 0.1) is 38.4 Å². The summed E-state index contributed by atoms with van der Waals surface area (Å²) in [6.45, 7) is 12.6. The lowest BCUT2D eigenvalue weighted by Gasteiger charge is -2.75. The number of halogens is 2. The molecule has 0 aromatic heterocycles. The van der Waals surface area contributed by atoms with Crippen LogP contribution in [-0.4, -0.2) is 46.9 Å². The summed E-state index contributed by atoms with van der Waals surface area (Å²) in [5.41, 5.74) is -3.21. The fourth-order valence-corrected chi connectivity index (χ4v) is 9.79. The van der Waals surface area contributed by atoms with Gasteiger partial charge in [-0.25, -0.2) is 4.79 Å². The van der Waals surface area contributed by atoms with E-state index < -0.39 is 51.5 Å². The van der Waals surface area contributed by atoms with Gasteiger partial charge in [0.2, 0.25) is 0 Å². The van der Waals surface area contributed by atoms with Crippen LogP contribution in [0.1, 0.15) is 99.8 Å². The van der Waals surface area contributed by atoms with E-state index in [1.165, 1.54) is 0 Å². The normalized spacial score (nSPS) is 43.6. The zero-order chi connectivity index (χ0) is 30.3. The predicted octanol–water partition coefficient (Wildman–Crippen LogP) is 5.73. The molecule has 0 saturated heterocycles. The lowest BCUT2D eigenvalue weighted by molar-refractivity contribution is -0.250. The SMILES string of the molecule is C/C(=C/CC(=O)OCC(F)(F)C(=O)O)[C@H]1CC[C@@]2(C)[C@]3(C)C(=O)C[C@]4(C)CC(=O)CC[C@]4(C)[C@@]3(C)CC(=O)[C@]12C. The van der Waals surface area contributed by atoms with Crippen LogP contribution in [0.25, 0.3) is 0 Å². The average molecular weight is 565 g/mol. The van der Waals surface area contributed by atoms with Crippen molar-refractivity contribution in [3.05, 3.63) is 11.6 Å². The number of Topliss-reactive ketones (excluding diaryl/α,β-unsaturated/α-hetero) is 3. The van der Waals surface area contributed by atoms with E-state index in [0.29, 0.717) is 38.5 Å². The maximum atomic E-state index is 14.4. The van der Waals surface area contributed by atoms with Crippen LogP contribution in [-0.2, 0) is 28.7 Å². The zero-order valence-electron chi connectivity index (χ0n) is 24.7.